The van der Waals surface area contributed by atoms with Gasteiger partial charge in [-0.05, 0) is 19.8 Å². The SMILES string of the molecule is CCOc1cc(NCCCC(C)C(=O)O)cc([N+](=O)[O-])c1. The number of nitrogens with one attached hydrogen (secondary N) is 1. The average Bonchev–Trinajstić information content (AvgIpc) is 2.43. The molecule has 0 bridgehead atoms. The minimum absolute atomic E-state index is 0.0395. The smallest absolute Gasteiger partial charge is 0.306 e. The van der Waals surface area contributed by atoms with Crippen molar-refractivity contribution in [2.45, 2.75) is 26.7 Å². The maximum Gasteiger partial charge on any atom is 0.306 e. The van der Waals surface area contributed by atoms with Crippen molar-refractivity contribution in [1.29, 1.82) is 0 Å². The van der Waals surface area contributed by atoms with Gasteiger partial charge < -0.3 is 15.2 Å². The van der Waals surface area contributed by atoms with Crippen LogP contribution in [0.1, 0.15) is 26.7 Å². The van der Waals surface area contributed by atoms with Gasteiger partial charge in [-0.25, -0.2) is 0 Å². The number of carboxylic acids is 1. The van der Waals surface area contributed by atoms with Crippen molar-refractivity contribution in [3.05, 3.63) is 28.3 Å². The summed E-state index contributed by atoms with van der Waals surface area (Å²) in [4.78, 5) is 21.1. The van der Waals surface area contributed by atoms with Crippen LogP contribution in [0.3, 0.4) is 0 Å². The normalized spacial score (nSPS) is 11.7. The van der Waals surface area contributed by atoms with Gasteiger partial charge in [-0.1, -0.05) is 6.92 Å². The van der Waals surface area contributed by atoms with E-state index in [1.165, 1.54) is 12.1 Å². The number of nitrogens with zero attached hydrogens (tertiary/aromatic N) is 1. The lowest BCUT2D eigenvalue weighted by Gasteiger charge is -2.10. The highest BCUT2D eigenvalue weighted by Gasteiger charge is 2.12. The summed E-state index contributed by atoms with van der Waals surface area (Å²) in [5, 5.41) is 22.7. The first-order chi connectivity index (χ1) is 9.93. The number of nitro benzene ring substituents is 1. The predicted molar refractivity (Wildman–Crippen MR) is 78.8 cm³/mol. The molecule has 0 aliphatic heterocycles. The summed E-state index contributed by atoms with van der Waals surface area (Å²) < 4.78 is 5.29. The molecule has 1 aromatic carbocycles. The van der Waals surface area contributed by atoms with Crippen molar-refractivity contribution in [3.8, 4) is 5.75 Å². The molecule has 21 heavy (non-hydrogen) atoms. The van der Waals surface area contributed by atoms with Crippen LogP contribution in [0.15, 0.2) is 18.2 Å². The van der Waals surface area contributed by atoms with E-state index in [9.17, 15) is 14.9 Å². The van der Waals surface area contributed by atoms with Gasteiger partial charge in [0.25, 0.3) is 5.69 Å². The highest BCUT2D eigenvalue weighted by Crippen LogP contribution is 2.26. The Labute approximate surface area is 123 Å². The molecule has 0 aliphatic rings. The zero-order valence-electron chi connectivity index (χ0n) is 12.2. The largest absolute Gasteiger partial charge is 0.494 e. The molecule has 1 unspecified atom stereocenters. The lowest BCUT2D eigenvalue weighted by molar-refractivity contribution is -0.384. The Balaban J connectivity index is 2.61. The van der Waals surface area contributed by atoms with Crippen LogP contribution in [-0.4, -0.2) is 29.2 Å². The van der Waals surface area contributed by atoms with Crippen molar-refractivity contribution in [1.82, 2.24) is 0 Å². The van der Waals surface area contributed by atoms with Crippen LogP contribution < -0.4 is 10.1 Å². The van der Waals surface area contributed by atoms with Crippen LogP contribution in [0.4, 0.5) is 11.4 Å². The molecule has 0 fully saturated rings. The van der Waals surface area contributed by atoms with Gasteiger partial charge in [0.2, 0.25) is 0 Å². The highest BCUT2D eigenvalue weighted by atomic mass is 16.6. The second-order valence-electron chi connectivity index (χ2n) is 4.71. The number of non-ortho nitro benzene ring substituents is 1. The number of carboxylic acid groups (broad SMARTS) is 1. The third kappa shape index (κ3) is 5.68. The molecule has 0 radical (unpaired) electrons. The molecule has 1 rings (SSSR count). The van der Waals surface area contributed by atoms with Crippen molar-refractivity contribution in [2.24, 2.45) is 5.92 Å². The first kappa shape index (κ1) is 16.7. The zero-order chi connectivity index (χ0) is 15.8. The molecule has 1 atom stereocenters. The quantitative estimate of drug-likeness (QED) is 0.412. The lowest BCUT2D eigenvalue weighted by Crippen LogP contribution is -2.11. The molecule has 0 heterocycles. The van der Waals surface area contributed by atoms with Gasteiger partial charge >= 0.3 is 5.97 Å². The molecule has 116 valence electrons. The number of aliphatic carboxylic acids is 1. The summed E-state index contributed by atoms with van der Waals surface area (Å²) >= 11 is 0. The summed E-state index contributed by atoms with van der Waals surface area (Å²) in [6.07, 6.45) is 1.22. The molecule has 0 aliphatic carbocycles. The number of rotatable bonds is 9. The lowest BCUT2D eigenvalue weighted by atomic mass is 10.1. The van der Waals surface area contributed by atoms with Gasteiger partial charge in [0.1, 0.15) is 5.75 Å². The van der Waals surface area contributed by atoms with Gasteiger partial charge in [-0.3, -0.25) is 14.9 Å². The minimum atomic E-state index is -0.816. The Morgan fingerprint density at radius 3 is 2.76 bits per heavy atom. The number of benzene rings is 1. The molecular formula is C14H20N2O5. The first-order valence-corrected chi connectivity index (χ1v) is 6.83. The predicted octanol–water partition coefficient (Wildman–Crippen LogP) is 2.91. The van der Waals surface area contributed by atoms with Gasteiger partial charge in [0.15, 0.2) is 0 Å². The molecule has 0 saturated heterocycles. The van der Waals surface area contributed by atoms with Gasteiger partial charge in [-0.2, -0.15) is 0 Å². The molecule has 0 aromatic heterocycles. The van der Waals surface area contributed by atoms with Crippen molar-refractivity contribution in [3.63, 3.8) is 0 Å². The Bertz CT molecular complexity index is 504. The minimum Gasteiger partial charge on any atom is -0.494 e. The third-order valence-corrected chi connectivity index (χ3v) is 2.98. The summed E-state index contributed by atoms with van der Waals surface area (Å²) in [5.74, 6) is -0.770. The van der Waals surface area contributed by atoms with Crippen LogP contribution in [0.2, 0.25) is 0 Å². The van der Waals surface area contributed by atoms with Crippen molar-refractivity contribution in [2.75, 3.05) is 18.5 Å². The second-order valence-corrected chi connectivity index (χ2v) is 4.71. The van der Waals surface area contributed by atoms with Crippen LogP contribution in [0.5, 0.6) is 5.75 Å². The summed E-state index contributed by atoms with van der Waals surface area (Å²) in [6, 6.07) is 4.50. The second kappa shape index (κ2) is 8.08. The molecule has 0 spiro atoms. The van der Waals surface area contributed by atoms with E-state index < -0.39 is 16.8 Å². The Kier molecular flexibility index (Phi) is 6.45. The first-order valence-electron chi connectivity index (χ1n) is 6.83. The summed E-state index contributed by atoms with van der Waals surface area (Å²) in [7, 11) is 0. The number of carbonyl (C=O) groups is 1. The topological polar surface area (TPSA) is 102 Å². The van der Waals surface area contributed by atoms with Crippen LogP contribution in [0, 0.1) is 16.0 Å². The van der Waals surface area contributed by atoms with Crippen molar-refractivity contribution < 1.29 is 19.6 Å². The Morgan fingerprint density at radius 1 is 1.48 bits per heavy atom. The molecule has 7 heteroatoms. The fourth-order valence-electron chi connectivity index (χ4n) is 1.81. The van der Waals surface area contributed by atoms with E-state index in [4.69, 9.17) is 9.84 Å². The van der Waals surface area contributed by atoms with E-state index in [2.05, 4.69) is 5.32 Å². The Morgan fingerprint density at radius 2 is 2.19 bits per heavy atom. The molecule has 0 amide bonds. The fourth-order valence-corrected chi connectivity index (χ4v) is 1.81. The molecule has 0 saturated carbocycles. The van der Waals surface area contributed by atoms with E-state index >= 15 is 0 Å². The van der Waals surface area contributed by atoms with Crippen LogP contribution >= 0.6 is 0 Å². The number of hydrogen-bond donors (Lipinski definition) is 2. The van der Waals surface area contributed by atoms with E-state index in [1.807, 2.05) is 0 Å². The number of ether oxygens (including phenoxy) is 1. The van der Waals surface area contributed by atoms with Crippen LogP contribution in [-0.2, 0) is 4.79 Å². The number of hydrogen-bond acceptors (Lipinski definition) is 5. The molecular weight excluding hydrogens is 276 g/mol. The molecule has 7 nitrogen and oxygen atoms in total. The van der Waals surface area contributed by atoms with E-state index in [-0.39, 0.29) is 5.69 Å². The van der Waals surface area contributed by atoms with Gasteiger partial charge in [-0.15, -0.1) is 0 Å². The Hall–Kier alpha value is -2.31. The zero-order valence-corrected chi connectivity index (χ0v) is 12.2. The fraction of sp³-hybridized carbons (Fsp3) is 0.500. The third-order valence-electron chi connectivity index (χ3n) is 2.98. The van der Waals surface area contributed by atoms with Crippen molar-refractivity contribution >= 4 is 17.3 Å². The summed E-state index contributed by atoms with van der Waals surface area (Å²) in [5.41, 5.74) is 0.554. The maximum absolute atomic E-state index is 10.9. The van der Waals surface area contributed by atoms with E-state index in [0.29, 0.717) is 37.4 Å². The highest BCUT2D eigenvalue weighted by molar-refractivity contribution is 5.69. The van der Waals surface area contributed by atoms with Gasteiger partial charge in [0.05, 0.1) is 23.5 Å². The van der Waals surface area contributed by atoms with Gasteiger partial charge in [0, 0.05) is 24.4 Å². The maximum atomic E-state index is 10.9. The van der Waals surface area contributed by atoms with E-state index in [0.717, 1.165) is 0 Å². The summed E-state index contributed by atoms with van der Waals surface area (Å²) in [6.45, 7) is 4.43. The molecule has 1 aromatic rings. The monoisotopic (exact) mass is 296 g/mol. The molecule has 2 N–H and O–H groups in total. The average molecular weight is 296 g/mol. The van der Waals surface area contributed by atoms with E-state index in [1.54, 1.807) is 19.9 Å². The number of nitro groups is 1. The van der Waals surface area contributed by atoms with Crippen LogP contribution in [0.25, 0.3) is 0 Å². The standard InChI is InChI=1S/C14H20N2O5/c1-3-21-13-8-11(7-12(9-13)16(19)20)15-6-4-5-10(2)14(17)18/h7-10,15H,3-6H2,1-2H3,(H,17,18). The number of anilines is 1.